The van der Waals surface area contributed by atoms with E-state index >= 15 is 0 Å². The van der Waals surface area contributed by atoms with Crippen molar-refractivity contribution in [2.75, 3.05) is 27.3 Å². The number of piperidine rings is 1. The minimum absolute atomic E-state index is 0.149. The maximum absolute atomic E-state index is 12.6. The number of nitrogens with zero attached hydrogens (tertiary/aromatic N) is 1. The molecule has 0 N–H and O–H groups in total. The van der Waals surface area contributed by atoms with Crippen molar-refractivity contribution in [2.24, 2.45) is 0 Å². The number of likely N-dealkylation sites (tertiary alicyclic amines) is 1. The van der Waals surface area contributed by atoms with Gasteiger partial charge in [0.05, 0.1) is 23.3 Å². The van der Waals surface area contributed by atoms with Gasteiger partial charge in [0.1, 0.15) is 5.56 Å². The maximum atomic E-state index is 12.6. The minimum Gasteiger partial charge on any atom is -0.494 e. The van der Waals surface area contributed by atoms with Crippen LogP contribution in [0, 0.1) is 0 Å². The zero-order chi connectivity index (χ0) is 14.7. The Morgan fingerprint density at radius 3 is 2.35 bits per heavy atom. The maximum Gasteiger partial charge on any atom is 0.259 e. The van der Waals surface area contributed by atoms with E-state index in [1.807, 2.05) is 0 Å². The van der Waals surface area contributed by atoms with E-state index in [9.17, 15) is 4.79 Å². The van der Waals surface area contributed by atoms with E-state index in [0.29, 0.717) is 34.4 Å². The molecular formula is C14H17Cl2NO3. The van der Waals surface area contributed by atoms with Crippen LogP contribution in [0.2, 0.25) is 10.0 Å². The van der Waals surface area contributed by atoms with Gasteiger partial charge in [-0.1, -0.05) is 23.2 Å². The highest BCUT2D eigenvalue weighted by Gasteiger charge is 2.28. The summed E-state index contributed by atoms with van der Waals surface area (Å²) >= 11 is 12.2. The first-order valence-corrected chi connectivity index (χ1v) is 7.18. The van der Waals surface area contributed by atoms with E-state index in [0.717, 1.165) is 12.8 Å². The van der Waals surface area contributed by atoms with Gasteiger partial charge in [0, 0.05) is 20.2 Å². The second kappa shape index (κ2) is 6.66. The number of halogens is 2. The number of methoxy groups -OCH3 is 2. The van der Waals surface area contributed by atoms with Gasteiger partial charge in [-0.25, -0.2) is 0 Å². The lowest BCUT2D eigenvalue weighted by molar-refractivity contribution is 0.0349. The topological polar surface area (TPSA) is 38.8 Å². The van der Waals surface area contributed by atoms with Crippen molar-refractivity contribution in [2.45, 2.75) is 18.9 Å². The number of carbonyl (C=O) groups is 1. The molecule has 0 aliphatic carbocycles. The molecule has 1 heterocycles. The Morgan fingerprint density at radius 1 is 1.20 bits per heavy atom. The highest BCUT2D eigenvalue weighted by Crippen LogP contribution is 2.35. The van der Waals surface area contributed by atoms with Crippen LogP contribution in [-0.2, 0) is 4.74 Å². The van der Waals surface area contributed by atoms with Crippen molar-refractivity contribution in [3.63, 3.8) is 0 Å². The Kier molecular flexibility index (Phi) is 5.13. The van der Waals surface area contributed by atoms with Gasteiger partial charge in [-0.15, -0.1) is 0 Å². The van der Waals surface area contributed by atoms with Crippen LogP contribution < -0.4 is 4.74 Å². The molecule has 1 aromatic rings. The Labute approximate surface area is 128 Å². The van der Waals surface area contributed by atoms with Crippen LogP contribution in [-0.4, -0.2) is 44.2 Å². The number of ether oxygens (including phenoxy) is 2. The van der Waals surface area contributed by atoms with Gasteiger partial charge >= 0.3 is 0 Å². The Morgan fingerprint density at radius 2 is 1.80 bits per heavy atom. The van der Waals surface area contributed by atoms with E-state index in [4.69, 9.17) is 32.7 Å². The quantitative estimate of drug-likeness (QED) is 0.859. The molecule has 0 spiro atoms. The number of hydrogen-bond donors (Lipinski definition) is 0. The minimum atomic E-state index is -0.149. The van der Waals surface area contributed by atoms with Crippen molar-refractivity contribution in [1.29, 1.82) is 0 Å². The van der Waals surface area contributed by atoms with Crippen LogP contribution in [0.25, 0.3) is 0 Å². The molecule has 1 aromatic carbocycles. The number of benzene rings is 1. The first kappa shape index (κ1) is 15.4. The highest BCUT2D eigenvalue weighted by molar-refractivity contribution is 6.37. The summed E-state index contributed by atoms with van der Waals surface area (Å²) in [5, 5.41) is 0.733. The normalized spacial score (nSPS) is 16.3. The van der Waals surface area contributed by atoms with Crippen LogP contribution in [0.5, 0.6) is 5.75 Å². The van der Waals surface area contributed by atoms with Crippen LogP contribution in [0.3, 0.4) is 0 Å². The molecule has 0 saturated carbocycles. The molecule has 1 amide bonds. The number of amides is 1. The fourth-order valence-electron chi connectivity index (χ4n) is 2.38. The summed E-state index contributed by atoms with van der Waals surface area (Å²) in [5.41, 5.74) is 0.331. The molecule has 0 bridgehead atoms. The van der Waals surface area contributed by atoms with Crippen LogP contribution in [0.4, 0.5) is 0 Å². The molecule has 0 aromatic heterocycles. The molecule has 2 rings (SSSR count). The van der Waals surface area contributed by atoms with Crippen LogP contribution in [0.15, 0.2) is 12.1 Å². The van der Waals surface area contributed by atoms with E-state index in [1.54, 1.807) is 24.1 Å². The SMILES string of the molecule is COc1c(Cl)ccc(Cl)c1C(=O)N1CCC(OC)CC1. The average molecular weight is 318 g/mol. The summed E-state index contributed by atoms with van der Waals surface area (Å²) in [7, 11) is 3.17. The summed E-state index contributed by atoms with van der Waals surface area (Å²) in [4.78, 5) is 14.4. The van der Waals surface area contributed by atoms with Crippen LogP contribution in [0.1, 0.15) is 23.2 Å². The van der Waals surface area contributed by atoms with Gasteiger partial charge in [-0.2, -0.15) is 0 Å². The predicted molar refractivity (Wildman–Crippen MR) is 78.9 cm³/mol. The van der Waals surface area contributed by atoms with Crippen molar-refractivity contribution in [1.82, 2.24) is 4.90 Å². The monoisotopic (exact) mass is 317 g/mol. The molecule has 1 saturated heterocycles. The van der Waals surface area contributed by atoms with E-state index in [1.165, 1.54) is 7.11 Å². The molecule has 1 fully saturated rings. The van der Waals surface area contributed by atoms with Gasteiger partial charge in [0.15, 0.2) is 5.75 Å². The second-order valence-corrected chi connectivity index (χ2v) is 5.48. The van der Waals surface area contributed by atoms with Crippen molar-refractivity contribution in [3.05, 3.63) is 27.7 Å². The lowest BCUT2D eigenvalue weighted by Gasteiger charge is -2.31. The lowest BCUT2D eigenvalue weighted by Crippen LogP contribution is -2.40. The standard InChI is InChI=1S/C14H17Cl2NO3/c1-19-9-5-7-17(8-6-9)14(18)12-10(15)3-4-11(16)13(12)20-2/h3-4,9H,5-8H2,1-2H3. The third kappa shape index (κ3) is 3.03. The molecule has 4 nitrogen and oxygen atoms in total. The van der Waals surface area contributed by atoms with Gasteiger partial charge < -0.3 is 14.4 Å². The van der Waals surface area contributed by atoms with Gasteiger partial charge in [0.25, 0.3) is 5.91 Å². The lowest BCUT2D eigenvalue weighted by atomic mass is 10.1. The van der Waals surface area contributed by atoms with E-state index in [2.05, 4.69) is 0 Å². The highest BCUT2D eigenvalue weighted by atomic mass is 35.5. The van der Waals surface area contributed by atoms with Gasteiger partial charge in [0.2, 0.25) is 0 Å². The van der Waals surface area contributed by atoms with Gasteiger partial charge in [-0.3, -0.25) is 4.79 Å². The zero-order valence-electron chi connectivity index (χ0n) is 11.5. The van der Waals surface area contributed by atoms with Crippen molar-refractivity contribution < 1.29 is 14.3 Å². The molecule has 20 heavy (non-hydrogen) atoms. The first-order valence-electron chi connectivity index (χ1n) is 6.42. The van der Waals surface area contributed by atoms with E-state index in [-0.39, 0.29) is 12.0 Å². The largest absolute Gasteiger partial charge is 0.494 e. The summed E-state index contributed by atoms with van der Waals surface area (Å²) in [5.74, 6) is 0.182. The third-order valence-corrected chi connectivity index (χ3v) is 4.15. The third-order valence-electron chi connectivity index (χ3n) is 3.54. The molecule has 0 radical (unpaired) electrons. The summed E-state index contributed by atoms with van der Waals surface area (Å²) in [6, 6.07) is 3.23. The van der Waals surface area contributed by atoms with Crippen LogP contribution >= 0.6 is 23.2 Å². The molecular weight excluding hydrogens is 301 g/mol. The first-order chi connectivity index (χ1) is 9.58. The number of carbonyl (C=O) groups excluding carboxylic acids is 1. The molecule has 1 aliphatic heterocycles. The Balaban J connectivity index is 2.24. The second-order valence-electron chi connectivity index (χ2n) is 4.66. The number of rotatable bonds is 3. The van der Waals surface area contributed by atoms with Crippen molar-refractivity contribution >= 4 is 29.1 Å². The number of hydrogen-bond acceptors (Lipinski definition) is 3. The molecule has 6 heteroatoms. The predicted octanol–water partition coefficient (Wildman–Crippen LogP) is 3.25. The molecule has 110 valence electrons. The molecule has 1 aliphatic rings. The van der Waals surface area contributed by atoms with E-state index < -0.39 is 0 Å². The fourth-order valence-corrected chi connectivity index (χ4v) is 2.85. The summed E-state index contributed by atoms with van der Waals surface area (Å²) < 4.78 is 10.5. The smallest absolute Gasteiger partial charge is 0.259 e. The Bertz CT molecular complexity index is 499. The molecule has 0 atom stereocenters. The molecule has 0 unspecified atom stereocenters. The van der Waals surface area contributed by atoms with Crippen molar-refractivity contribution in [3.8, 4) is 5.75 Å². The fraction of sp³-hybridized carbons (Fsp3) is 0.500. The summed E-state index contributed by atoms with van der Waals surface area (Å²) in [6.07, 6.45) is 1.86. The van der Waals surface area contributed by atoms with Gasteiger partial charge in [-0.05, 0) is 25.0 Å². The Hall–Kier alpha value is -0.970. The average Bonchev–Trinajstić information content (AvgIpc) is 2.48. The zero-order valence-corrected chi connectivity index (χ0v) is 13.0. The summed E-state index contributed by atoms with van der Waals surface area (Å²) in [6.45, 7) is 1.28.